The number of amides is 3. The molecule has 2 aromatic carbocycles. The summed E-state index contributed by atoms with van der Waals surface area (Å²) in [4.78, 5) is 40.7. The SMILES string of the molecule is COc1ccc(CNC(=O)[C@@H](Cc2ccccc2)NC(=O)C2CCN(C(=O)[C@@H](N)CC(C)C)CC2)cc1. The van der Waals surface area contributed by atoms with E-state index in [0.29, 0.717) is 51.2 Å². The van der Waals surface area contributed by atoms with E-state index in [1.165, 1.54) is 0 Å². The Morgan fingerprint density at radius 1 is 1.00 bits per heavy atom. The number of hydrogen-bond acceptors (Lipinski definition) is 5. The molecule has 8 heteroatoms. The monoisotopic (exact) mass is 508 g/mol. The van der Waals surface area contributed by atoms with Crippen LogP contribution < -0.4 is 21.1 Å². The van der Waals surface area contributed by atoms with Crippen molar-refractivity contribution in [3.63, 3.8) is 0 Å². The molecule has 37 heavy (non-hydrogen) atoms. The summed E-state index contributed by atoms with van der Waals surface area (Å²) in [5.74, 6) is 0.406. The molecule has 1 aliphatic heterocycles. The van der Waals surface area contributed by atoms with Crippen LogP contribution in [0, 0.1) is 11.8 Å². The maximum Gasteiger partial charge on any atom is 0.243 e. The Labute approximate surface area is 219 Å². The quantitative estimate of drug-likeness (QED) is 0.432. The molecular formula is C29H40N4O4. The second kappa shape index (κ2) is 13.8. The summed E-state index contributed by atoms with van der Waals surface area (Å²) < 4.78 is 5.18. The third-order valence-corrected chi connectivity index (χ3v) is 6.76. The van der Waals surface area contributed by atoms with Crippen molar-refractivity contribution >= 4 is 17.7 Å². The minimum Gasteiger partial charge on any atom is -0.497 e. The van der Waals surface area contributed by atoms with E-state index in [9.17, 15) is 14.4 Å². The minimum absolute atomic E-state index is 0.0487. The molecule has 0 bridgehead atoms. The van der Waals surface area contributed by atoms with Crippen molar-refractivity contribution in [2.45, 2.75) is 58.2 Å². The third-order valence-electron chi connectivity index (χ3n) is 6.76. The molecule has 200 valence electrons. The third kappa shape index (κ3) is 8.60. The Hall–Kier alpha value is -3.39. The highest BCUT2D eigenvalue weighted by Crippen LogP contribution is 2.20. The van der Waals surface area contributed by atoms with Crippen LogP contribution in [0.3, 0.4) is 0 Å². The predicted molar refractivity (Wildman–Crippen MR) is 144 cm³/mol. The van der Waals surface area contributed by atoms with Crippen molar-refractivity contribution < 1.29 is 19.1 Å². The fraction of sp³-hybridized carbons (Fsp3) is 0.483. The van der Waals surface area contributed by atoms with Crippen molar-refractivity contribution in [2.24, 2.45) is 17.6 Å². The second-order valence-corrected chi connectivity index (χ2v) is 10.2. The Bertz CT molecular complexity index is 1020. The first-order valence-electron chi connectivity index (χ1n) is 13.1. The van der Waals surface area contributed by atoms with E-state index >= 15 is 0 Å². The molecule has 0 spiro atoms. The first-order valence-corrected chi connectivity index (χ1v) is 13.1. The van der Waals surface area contributed by atoms with Crippen LogP contribution in [-0.4, -0.2) is 54.9 Å². The number of carbonyl (C=O) groups is 3. The molecule has 0 unspecified atom stereocenters. The summed E-state index contributed by atoms with van der Waals surface area (Å²) in [5.41, 5.74) is 7.98. The van der Waals surface area contributed by atoms with Crippen molar-refractivity contribution in [1.82, 2.24) is 15.5 Å². The van der Waals surface area contributed by atoms with Crippen LogP contribution >= 0.6 is 0 Å². The molecule has 1 saturated heterocycles. The minimum atomic E-state index is -0.702. The lowest BCUT2D eigenvalue weighted by atomic mass is 9.94. The van der Waals surface area contributed by atoms with Crippen LogP contribution in [0.1, 0.15) is 44.2 Å². The molecule has 8 nitrogen and oxygen atoms in total. The summed E-state index contributed by atoms with van der Waals surface area (Å²) in [6.07, 6.45) is 2.14. The fourth-order valence-electron chi connectivity index (χ4n) is 4.61. The smallest absolute Gasteiger partial charge is 0.243 e. The topological polar surface area (TPSA) is 114 Å². The maximum absolute atomic E-state index is 13.2. The fourth-order valence-corrected chi connectivity index (χ4v) is 4.61. The van der Waals surface area contributed by atoms with Gasteiger partial charge in [-0.1, -0.05) is 56.3 Å². The van der Waals surface area contributed by atoms with Gasteiger partial charge in [0.1, 0.15) is 11.8 Å². The normalized spacial score (nSPS) is 15.6. The highest BCUT2D eigenvalue weighted by atomic mass is 16.5. The summed E-state index contributed by atoms with van der Waals surface area (Å²) in [6.45, 7) is 5.43. The Balaban J connectivity index is 1.58. The van der Waals surface area contributed by atoms with Crippen LogP contribution in [0.15, 0.2) is 54.6 Å². The summed E-state index contributed by atoms with van der Waals surface area (Å²) in [7, 11) is 1.61. The summed E-state index contributed by atoms with van der Waals surface area (Å²) >= 11 is 0. The van der Waals surface area contributed by atoms with Crippen LogP contribution in [0.4, 0.5) is 0 Å². The number of nitrogens with zero attached hydrogens (tertiary/aromatic N) is 1. The first kappa shape index (κ1) is 28.2. The zero-order chi connectivity index (χ0) is 26.8. The number of nitrogens with two attached hydrogens (primary N) is 1. The van der Waals surface area contributed by atoms with Crippen LogP contribution in [0.2, 0.25) is 0 Å². The van der Waals surface area contributed by atoms with Gasteiger partial charge in [0.2, 0.25) is 17.7 Å². The van der Waals surface area contributed by atoms with Crippen LogP contribution in [0.25, 0.3) is 0 Å². The van der Waals surface area contributed by atoms with E-state index < -0.39 is 12.1 Å². The highest BCUT2D eigenvalue weighted by molar-refractivity contribution is 5.89. The maximum atomic E-state index is 13.2. The largest absolute Gasteiger partial charge is 0.497 e. The van der Waals surface area contributed by atoms with Gasteiger partial charge in [-0.3, -0.25) is 14.4 Å². The van der Waals surface area contributed by atoms with Gasteiger partial charge >= 0.3 is 0 Å². The van der Waals surface area contributed by atoms with Gasteiger partial charge in [0.25, 0.3) is 0 Å². The van der Waals surface area contributed by atoms with E-state index in [-0.39, 0.29) is 23.6 Å². The van der Waals surface area contributed by atoms with E-state index in [1.807, 2.05) is 68.4 Å². The number of methoxy groups -OCH3 is 1. The second-order valence-electron chi connectivity index (χ2n) is 10.2. The van der Waals surface area contributed by atoms with E-state index in [2.05, 4.69) is 10.6 Å². The molecule has 1 aliphatic rings. The van der Waals surface area contributed by atoms with E-state index in [1.54, 1.807) is 12.0 Å². The molecule has 4 N–H and O–H groups in total. The molecule has 0 radical (unpaired) electrons. The number of ether oxygens (including phenoxy) is 1. The van der Waals surface area contributed by atoms with Crippen LogP contribution in [-0.2, 0) is 27.3 Å². The number of carbonyl (C=O) groups excluding carboxylic acids is 3. The lowest BCUT2D eigenvalue weighted by Gasteiger charge is -2.33. The van der Waals surface area contributed by atoms with E-state index in [0.717, 1.165) is 16.9 Å². The van der Waals surface area contributed by atoms with Gasteiger partial charge in [0.15, 0.2) is 0 Å². The molecule has 1 fully saturated rings. The molecule has 2 atom stereocenters. The number of likely N-dealkylation sites (tertiary alicyclic amines) is 1. The highest BCUT2D eigenvalue weighted by Gasteiger charge is 2.31. The molecular weight excluding hydrogens is 468 g/mol. The van der Waals surface area contributed by atoms with Crippen molar-refractivity contribution in [2.75, 3.05) is 20.2 Å². The average molecular weight is 509 g/mol. The van der Waals surface area contributed by atoms with E-state index in [4.69, 9.17) is 10.5 Å². The molecule has 1 heterocycles. The molecule has 0 saturated carbocycles. The van der Waals surface area contributed by atoms with Gasteiger partial charge in [-0.05, 0) is 48.4 Å². The lowest BCUT2D eigenvalue weighted by molar-refractivity contribution is -0.137. The van der Waals surface area contributed by atoms with Crippen molar-refractivity contribution in [1.29, 1.82) is 0 Å². The number of piperidine rings is 1. The summed E-state index contributed by atoms with van der Waals surface area (Å²) in [6, 6.07) is 15.9. The zero-order valence-electron chi connectivity index (χ0n) is 22.1. The average Bonchev–Trinajstić information content (AvgIpc) is 2.91. The Morgan fingerprint density at radius 2 is 1.65 bits per heavy atom. The number of nitrogens with one attached hydrogen (secondary N) is 2. The van der Waals surface area contributed by atoms with Gasteiger partial charge in [-0.25, -0.2) is 0 Å². The Kier molecular flexibility index (Phi) is 10.5. The molecule has 3 amide bonds. The van der Waals surface area contributed by atoms with Gasteiger partial charge in [0.05, 0.1) is 13.2 Å². The molecule has 2 aromatic rings. The molecule has 0 aliphatic carbocycles. The zero-order valence-corrected chi connectivity index (χ0v) is 22.1. The van der Waals surface area contributed by atoms with Gasteiger partial charge in [-0.2, -0.15) is 0 Å². The first-order chi connectivity index (χ1) is 17.8. The number of hydrogen-bond donors (Lipinski definition) is 3. The lowest BCUT2D eigenvalue weighted by Crippen LogP contribution is -2.52. The Morgan fingerprint density at radius 3 is 2.24 bits per heavy atom. The molecule has 3 rings (SSSR count). The number of benzene rings is 2. The van der Waals surface area contributed by atoms with Gasteiger partial charge < -0.3 is 26.0 Å². The summed E-state index contributed by atoms with van der Waals surface area (Å²) in [5, 5.41) is 5.94. The van der Waals surface area contributed by atoms with Crippen molar-refractivity contribution in [3.05, 3.63) is 65.7 Å². The number of rotatable bonds is 11. The van der Waals surface area contributed by atoms with Gasteiger partial charge in [0, 0.05) is 32.0 Å². The van der Waals surface area contributed by atoms with Gasteiger partial charge in [-0.15, -0.1) is 0 Å². The molecule has 0 aromatic heterocycles. The van der Waals surface area contributed by atoms with Crippen molar-refractivity contribution in [3.8, 4) is 5.75 Å². The van der Waals surface area contributed by atoms with Crippen LogP contribution in [0.5, 0.6) is 5.75 Å². The predicted octanol–water partition coefficient (Wildman–Crippen LogP) is 2.65. The standard InChI is InChI=1S/C29H40N4O4/c1-20(2)17-25(30)29(36)33-15-13-23(14-16-33)27(34)32-26(18-21-7-5-4-6-8-21)28(35)31-19-22-9-11-24(37-3)12-10-22/h4-12,20,23,25-26H,13-19,30H2,1-3H3,(H,31,35)(H,32,34)/t25-,26+/m0/s1.